The van der Waals surface area contributed by atoms with Gasteiger partial charge in [0.15, 0.2) is 0 Å². The van der Waals surface area contributed by atoms with Crippen LogP contribution in [-0.2, 0) is 20.8 Å². The molecule has 0 aliphatic carbocycles. The zero-order valence-corrected chi connectivity index (χ0v) is 14.6. The normalized spacial score (nSPS) is 15.2. The fraction of sp³-hybridized carbons (Fsp3) is 0.571. The largest absolute Gasteiger partial charge is 0.480 e. The summed E-state index contributed by atoms with van der Waals surface area (Å²) in [7, 11) is 0. The van der Waals surface area contributed by atoms with Crippen molar-refractivity contribution in [2.75, 3.05) is 0 Å². The molecule has 0 spiro atoms. The number of carbonyl (C=O) groups is 3. The van der Waals surface area contributed by atoms with E-state index in [1.165, 1.54) is 13.3 Å². The number of nitrogens with two attached hydrogens (primary N) is 1. The minimum Gasteiger partial charge on any atom is -0.480 e. The van der Waals surface area contributed by atoms with E-state index in [9.17, 15) is 19.5 Å². The Kier molecular flexibility index (Phi) is 6.79. The SMILES string of the molecule is C[C@@H](NC(=O)[C@@H](N)C(C)(C)S)C(=O)N[C@@H](Cc1c[nH]cn1)C(=O)O. The molecule has 0 unspecified atom stereocenters. The van der Waals surface area contributed by atoms with Gasteiger partial charge in [-0.25, -0.2) is 9.78 Å². The molecule has 0 fully saturated rings. The van der Waals surface area contributed by atoms with E-state index < -0.39 is 40.7 Å². The quantitative estimate of drug-likeness (QED) is 0.331. The van der Waals surface area contributed by atoms with Crippen molar-refractivity contribution in [2.45, 2.75) is 50.1 Å². The number of H-pyrrole nitrogens is 1. The van der Waals surface area contributed by atoms with Gasteiger partial charge in [-0.1, -0.05) is 0 Å². The number of aromatic nitrogens is 2. The Hall–Kier alpha value is -2.07. The number of imidazole rings is 1. The van der Waals surface area contributed by atoms with E-state index in [2.05, 4.69) is 33.2 Å². The number of thiol groups is 1. The number of carboxylic acid groups (broad SMARTS) is 1. The lowest BCUT2D eigenvalue weighted by molar-refractivity contribution is -0.142. The van der Waals surface area contributed by atoms with Crippen LogP contribution < -0.4 is 16.4 Å². The van der Waals surface area contributed by atoms with Crippen molar-refractivity contribution >= 4 is 30.4 Å². The summed E-state index contributed by atoms with van der Waals surface area (Å²) in [5, 5.41) is 14.0. The van der Waals surface area contributed by atoms with Crippen molar-refractivity contribution in [3.63, 3.8) is 0 Å². The van der Waals surface area contributed by atoms with Crippen molar-refractivity contribution in [3.05, 3.63) is 18.2 Å². The predicted molar refractivity (Wildman–Crippen MR) is 90.5 cm³/mol. The molecule has 0 saturated carbocycles. The average Bonchev–Trinajstić information content (AvgIpc) is 2.97. The van der Waals surface area contributed by atoms with E-state index in [-0.39, 0.29) is 6.42 Å². The molecule has 3 atom stereocenters. The Morgan fingerprint density at radius 1 is 1.38 bits per heavy atom. The van der Waals surface area contributed by atoms with Gasteiger partial charge >= 0.3 is 5.97 Å². The Morgan fingerprint density at radius 3 is 2.46 bits per heavy atom. The third-order valence-electron chi connectivity index (χ3n) is 3.38. The van der Waals surface area contributed by atoms with E-state index in [1.54, 1.807) is 20.0 Å². The second kappa shape index (κ2) is 8.15. The highest BCUT2D eigenvalue weighted by Crippen LogP contribution is 2.15. The molecule has 2 amide bonds. The lowest BCUT2D eigenvalue weighted by atomic mass is 10.0. The summed E-state index contributed by atoms with van der Waals surface area (Å²) in [5.74, 6) is -2.37. The zero-order valence-electron chi connectivity index (χ0n) is 13.7. The van der Waals surface area contributed by atoms with Crippen LogP contribution in [0.5, 0.6) is 0 Å². The summed E-state index contributed by atoms with van der Waals surface area (Å²) in [6.45, 7) is 4.80. The van der Waals surface area contributed by atoms with Gasteiger partial charge in [-0.3, -0.25) is 9.59 Å². The molecule has 134 valence electrons. The molecule has 6 N–H and O–H groups in total. The molecule has 0 bridgehead atoms. The van der Waals surface area contributed by atoms with Gasteiger partial charge in [0.05, 0.1) is 18.1 Å². The Labute approximate surface area is 145 Å². The van der Waals surface area contributed by atoms with Gasteiger partial charge in [0.1, 0.15) is 12.1 Å². The number of hydrogen-bond acceptors (Lipinski definition) is 6. The lowest BCUT2D eigenvalue weighted by Gasteiger charge is -2.26. The van der Waals surface area contributed by atoms with Crippen molar-refractivity contribution in [1.82, 2.24) is 20.6 Å². The molecular formula is C14H23N5O4S. The first-order chi connectivity index (χ1) is 11.0. The Balaban J connectivity index is 2.63. The number of nitrogens with one attached hydrogen (secondary N) is 3. The first kappa shape index (κ1) is 20.0. The van der Waals surface area contributed by atoms with Crippen LogP contribution in [0.15, 0.2) is 12.5 Å². The number of aromatic amines is 1. The maximum atomic E-state index is 12.1. The summed E-state index contributed by atoms with van der Waals surface area (Å²) >= 11 is 4.22. The van der Waals surface area contributed by atoms with Crippen LogP contribution in [0.1, 0.15) is 26.5 Å². The third kappa shape index (κ3) is 5.85. The van der Waals surface area contributed by atoms with E-state index in [0.717, 1.165) is 0 Å². The van der Waals surface area contributed by atoms with Crippen LogP contribution in [0, 0.1) is 0 Å². The van der Waals surface area contributed by atoms with Crippen molar-refractivity contribution in [3.8, 4) is 0 Å². The molecule has 0 radical (unpaired) electrons. The number of hydrogen-bond donors (Lipinski definition) is 6. The van der Waals surface area contributed by atoms with E-state index in [0.29, 0.717) is 5.69 Å². The fourth-order valence-corrected chi connectivity index (χ4v) is 1.92. The molecule has 1 rings (SSSR count). The minimum atomic E-state index is -1.20. The van der Waals surface area contributed by atoms with Crippen molar-refractivity contribution < 1.29 is 19.5 Å². The molecule has 9 nitrogen and oxygen atoms in total. The third-order valence-corrected chi connectivity index (χ3v) is 3.66. The first-order valence-electron chi connectivity index (χ1n) is 7.31. The molecule has 1 aromatic heterocycles. The molecular weight excluding hydrogens is 334 g/mol. The van der Waals surface area contributed by atoms with Gasteiger partial charge in [-0.15, -0.1) is 0 Å². The Morgan fingerprint density at radius 2 is 2.00 bits per heavy atom. The summed E-state index contributed by atoms with van der Waals surface area (Å²) in [6.07, 6.45) is 2.98. The fourth-order valence-electron chi connectivity index (χ4n) is 1.80. The summed E-state index contributed by atoms with van der Waals surface area (Å²) in [6, 6.07) is -3.02. The minimum absolute atomic E-state index is 0.0222. The topological polar surface area (TPSA) is 150 Å². The van der Waals surface area contributed by atoms with Crippen molar-refractivity contribution in [1.29, 1.82) is 0 Å². The summed E-state index contributed by atoms with van der Waals surface area (Å²) < 4.78 is -0.760. The molecule has 24 heavy (non-hydrogen) atoms. The number of carboxylic acids is 1. The lowest BCUT2D eigenvalue weighted by Crippen LogP contribution is -2.57. The summed E-state index contributed by atoms with van der Waals surface area (Å²) in [4.78, 5) is 42.0. The molecule has 10 heteroatoms. The number of rotatable bonds is 8. The molecule has 1 heterocycles. The maximum Gasteiger partial charge on any atom is 0.326 e. The second-order valence-corrected chi connectivity index (χ2v) is 7.18. The number of carbonyl (C=O) groups excluding carboxylic acids is 2. The number of nitrogens with zero attached hydrogens (tertiary/aromatic N) is 1. The standard InChI is InChI=1S/C14H23N5O4S/c1-7(18-12(21)10(15)14(2,3)24)11(20)19-9(13(22)23)4-8-5-16-6-17-8/h5-7,9-10,24H,4,15H2,1-3H3,(H,16,17)(H,18,21)(H,19,20)(H,22,23)/t7-,9+,10-/m1/s1. The maximum absolute atomic E-state index is 12.1. The van der Waals surface area contributed by atoms with Crippen LogP contribution in [-0.4, -0.2) is 55.7 Å². The van der Waals surface area contributed by atoms with Crippen LogP contribution in [0.4, 0.5) is 0 Å². The van der Waals surface area contributed by atoms with Gasteiger partial charge in [-0.05, 0) is 20.8 Å². The van der Waals surface area contributed by atoms with Gasteiger partial charge in [0.25, 0.3) is 0 Å². The van der Waals surface area contributed by atoms with E-state index >= 15 is 0 Å². The van der Waals surface area contributed by atoms with Crippen molar-refractivity contribution in [2.24, 2.45) is 5.73 Å². The highest BCUT2D eigenvalue weighted by Gasteiger charge is 2.31. The highest BCUT2D eigenvalue weighted by molar-refractivity contribution is 7.81. The summed E-state index contributed by atoms with van der Waals surface area (Å²) in [5.41, 5.74) is 6.25. The molecule has 0 aliphatic heterocycles. The first-order valence-corrected chi connectivity index (χ1v) is 7.76. The number of amides is 2. The zero-order chi connectivity index (χ0) is 18.5. The molecule has 0 aromatic carbocycles. The van der Waals surface area contributed by atoms with Crippen LogP contribution in [0.25, 0.3) is 0 Å². The average molecular weight is 357 g/mol. The van der Waals surface area contributed by atoms with E-state index in [1.807, 2.05) is 0 Å². The van der Waals surface area contributed by atoms with Crippen LogP contribution in [0.3, 0.4) is 0 Å². The molecule has 1 aromatic rings. The van der Waals surface area contributed by atoms with E-state index in [4.69, 9.17) is 5.73 Å². The Bertz CT molecular complexity index is 584. The van der Waals surface area contributed by atoms with Crippen LogP contribution >= 0.6 is 12.6 Å². The number of aliphatic carboxylic acids is 1. The van der Waals surface area contributed by atoms with Gasteiger partial charge in [-0.2, -0.15) is 12.6 Å². The van der Waals surface area contributed by atoms with Gasteiger partial charge < -0.3 is 26.5 Å². The van der Waals surface area contributed by atoms with Gasteiger partial charge in [0.2, 0.25) is 11.8 Å². The van der Waals surface area contributed by atoms with Gasteiger partial charge in [0, 0.05) is 17.4 Å². The highest BCUT2D eigenvalue weighted by atomic mass is 32.1. The molecule has 0 aliphatic rings. The smallest absolute Gasteiger partial charge is 0.326 e. The predicted octanol–water partition coefficient (Wildman–Crippen LogP) is -0.938. The molecule has 0 saturated heterocycles. The second-order valence-electron chi connectivity index (χ2n) is 6.03. The van der Waals surface area contributed by atoms with Crippen LogP contribution in [0.2, 0.25) is 0 Å². The monoisotopic (exact) mass is 357 g/mol.